The summed E-state index contributed by atoms with van der Waals surface area (Å²) in [6.45, 7) is 4.38. The largest absolute Gasteiger partial charge is 0.353 e. The molecule has 5 nitrogen and oxygen atoms in total. The summed E-state index contributed by atoms with van der Waals surface area (Å²) < 4.78 is 0. The maximum atomic E-state index is 11.2. The monoisotopic (exact) mass is 194 g/mol. The Bertz CT molecular complexity index is 346. The Hall–Kier alpha value is -1.36. The van der Waals surface area contributed by atoms with Gasteiger partial charge in [-0.05, 0) is 13.8 Å². The maximum Gasteiger partial charge on any atom is 0.236 e. The molecule has 0 bridgehead atoms. The summed E-state index contributed by atoms with van der Waals surface area (Å²) in [5.41, 5.74) is 1.02. The first-order chi connectivity index (χ1) is 6.66. The summed E-state index contributed by atoms with van der Waals surface area (Å²) in [6.07, 6.45) is 1.80. The minimum absolute atomic E-state index is 0.0532. The number of aromatic amines is 1. The molecule has 2 rings (SSSR count). The highest BCUT2D eigenvalue weighted by molar-refractivity contribution is 5.82. The lowest BCUT2D eigenvalue weighted by molar-refractivity contribution is -0.124. The van der Waals surface area contributed by atoms with E-state index in [1.165, 1.54) is 0 Å². The molecular weight excluding hydrogens is 180 g/mol. The number of aryl methyl sites for hydroxylation is 1. The Morgan fingerprint density at radius 3 is 2.93 bits per heavy atom. The number of imidazole rings is 1. The second kappa shape index (κ2) is 3.42. The van der Waals surface area contributed by atoms with Crippen molar-refractivity contribution in [3.63, 3.8) is 0 Å². The molecule has 14 heavy (non-hydrogen) atoms. The second-order valence-corrected chi connectivity index (χ2v) is 3.61. The van der Waals surface area contributed by atoms with Crippen LogP contribution < -0.4 is 10.6 Å². The lowest BCUT2D eigenvalue weighted by Crippen LogP contribution is -2.53. The summed E-state index contributed by atoms with van der Waals surface area (Å²) in [4.78, 5) is 18.5. The molecule has 1 fully saturated rings. The van der Waals surface area contributed by atoms with Gasteiger partial charge in [0.25, 0.3) is 0 Å². The van der Waals surface area contributed by atoms with E-state index < -0.39 is 0 Å². The molecule has 1 aliphatic heterocycles. The van der Waals surface area contributed by atoms with Gasteiger partial charge in [-0.15, -0.1) is 0 Å². The van der Waals surface area contributed by atoms with E-state index >= 15 is 0 Å². The van der Waals surface area contributed by atoms with Crippen LogP contribution in [0.4, 0.5) is 0 Å². The predicted octanol–water partition coefficient (Wildman–Crippen LogP) is -0.133. The molecule has 1 aromatic heterocycles. The highest BCUT2D eigenvalue weighted by Crippen LogP contribution is 2.13. The molecule has 0 radical (unpaired) electrons. The van der Waals surface area contributed by atoms with E-state index in [0.29, 0.717) is 6.54 Å². The van der Waals surface area contributed by atoms with Gasteiger partial charge in [0.1, 0.15) is 5.82 Å². The van der Waals surface area contributed by atoms with Crippen molar-refractivity contribution in [3.8, 4) is 0 Å². The van der Waals surface area contributed by atoms with Crippen molar-refractivity contribution in [2.75, 3.05) is 6.54 Å². The first kappa shape index (κ1) is 9.21. The van der Waals surface area contributed by atoms with Crippen LogP contribution in [0.25, 0.3) is 0 Å². The highest BCUT2D eigenvalue weighted by Gasteiger charge is 2.25. The molecule has 2 atom stereocenters. The third kappa shape index (κ3) is 1.63. The van der Waals surface area contributed by atoms with Crippen molar-refractivity contribution in [2.45, 2.75) is 25.9 Å². The lowest BCUT2D eigenvalue weighted by Gasteiger charge is -2.27. The van der Waals surface area contributed by atoms with Crippen molar-refractivity contribution in [1.82, 2.24) is 20.6 Å². The lowest BCUT2D eigenvalue weighted by atomic mass is 10.1. The van der Waals surface area contributed by atoms with Gasteiger partial charge < -0.3 is 10.3 Å². The predicted molar refractivity (Wildman–Crippen MR) is 51.7 cm³/mol. The fourth-order valence-electron chi connectivity index (χ4n) is 1.61. The number of nitrogens with one attached hydrogen (secondary N) is 3. The van der Waals surface area contributed by atoms with Gasteiger partial charge in [-0.1, -0.05) is 0 Å². The van der Waals surface area contributed by atoms with Crippen LogP contribution in [0.2, 0.25) is 0 Å². The highest BCUT2D eigenvalue weighted by atomic mass is 16.2. The Labute approximate surface area is 82.3 Å². The maximum absolute atomic E-state index is 11.2. The van der Waals surface area contributed by atoms with Crippen molar-refractivity contribution < 1.29 is 4.79 Å². The van der Waals surface area contributed by atoms with Gasteiger partial charge in [-0.25, -0.2) is 4.98 Å². The minimum Gasteiger partial charge on any atom is -0.353 e. The Morgan fingerprint density at radius 1 is 1.57 bits per heavy atom. The molecule has 0 saturated carbocycles. The van der Waals surface area contributed by atoms with Gasteiger partial charge >= 0.3 is 0 Å². The molecule has 1 aromatic rings. The van der Waals surface area contributed by atoms with E-state index in [9.17, 15) is 4.79 Å². The number of nitrogens with zero attached hydrogens (tertiary/aromatic N) is 1. The molecular formula is C9H14N4O. The fourth-order valence-corrected chi connectivity index (χ4v) is 1.61. The zero-order valence-corrected chi connectivity index (χ0v) is 8.29. The second-order valence-electron chi connectivity index (χ2n) is 3.61. The third-order valence-electron chi connectivity index (χ3n) is 2.42. The van der Waals surface area contributed by atoms with Crippen LogP contribution in [0.15, 0.2) is 6.20 Å². The number of carbonyl (C=O) groups is 1. The van der Waals surface area contributed by atoms with Crippen molar-refractivity contribution >= 4 is 5.91 Å². The van der Waals surface area contributed by atoms with Gasteiger partial charge in [0, 0.05) is 12.7 Å². The standard InChI is InChI=1S/C9H14N4O/c1-5-9(14)11-4-7(12-5)8-3-10-6(2)13-8/h3,5,7,12H,4H2,1-2H3,(H,10,13)(H,11,14). The minimum atomic E-state index is -0.141. The molecule has 76 valence electrons. The van der Waals surface area contributed by atoms with Crippen molar-refractivity contribution in [2.24, 2.45) is 0 Å². The van der Waals surface area contributed by atoms with Gasteiger partial charge in [-0.2, -0.15) is 0 Å². The van der Waals surface area contributed by atoms with E-state index in [2.05, 4.69) is 20.6 Å². The average molecular weight is 194 g/mol. The number of carbonyl (C=O) groups excluding carboxylic acids is 1. The van der Waals surface area contributed by atoms with Crippen LogP contribution in [-0.4, -0.2) is 28.5 Å². The van der Waals surface area contributed by atoms with Crippen LogP contribution in [0.5, 0.6) is 0 Å². The number of hydrogen-bond donors (Lipinski definition) is 3. The van der Waals surface area contributed by atoms with Crippen LogP contribution in [0, 0.1) is 6.92 Å². The summed E-state index contributed by atoms with van der Waals surface area (Å²) in [5.74, 6) is 0.948. The molecule has 0 aromatic carbocycles. The van der Waals surface area contributed by atoms with Crippen LogP contribution in [0.3, 0.4) is 0 Å². The van der Waals surface area contributed by atoms with Gasteiger partial charge in [0.2, 0.25) is 5.91 Å². The Balaban J connectivity index is 2.10. The third-order valence-corrected chi connectivity index (χ3v) is 2.42. The molecule has 5 heteroatoms. The summed E-state index contributed by atoms with van der Waals surface area (Å²) in [6, 6.07) is 0.00116. The Kier molecular flexibility index (Phi) is 2.25. The Morgan fingerprint density at radius 2 is 2.36 bits per heavy atom. The zero-order chi connectivity index (χ0) is 10.1. The molecule has 3 N–H and O–H groups in total. The molecule has 2 unspecified atom stereocenters. The van der Waals surface area contributed by atoms with E-state index in [0.717, 1.165) is 11.5 Å². The molecule has 0 aliphatic carbocycles. The SMILES string of the molecule is Cc1ncc(C2CNC(=O)C(C)N2)[nH]1. The summed E-state index contributed by atoms with van der Waals surface area (Å²) in [7, 11) is 0. The molecule has 0 spiro atoms. The first-order valence-corrected chi connectivity index (χ1v) is 4.72. The van der Waals surface area contributed by atoms with Crippen molar-refractivity contribution in [1.29, 1.82) is 0 Å². The number of hydrogen-bond acceptors (Lipinski definition) is 3. The molecule has 1 amide bonds. The number of rotatable bonds is 1. The number of aromatic nitrogens is 2. The smallest absolute Gasteiger partial charge is 0.236 e. The van der Waals surface area contributed by atoms with Gasteiger partial charge in [0.05, 0.1) is 17.8 Å². The number of amides is 1. The molecule has 1 aliphatic rings. The van der Waals surface area contributed by atoms with Crippen LogP contribution >= 0.6 is 0 Å². The zero-order valence-electron chi connectivity index (χ0n) is 8.29. The summed E-state index contributed by atoms with van der Waals surface area (Å²) in [5, 5.41) is 6.05. The normalized spacial score (nSPS) is 27.4. The van der Waals surface area contributed by atoms with E-state index in [1.54, 1.807) is 6.20 Å². The van der Waals surface area contributed by atoms with E-state index in [4.69, 9.17) is 0 Å². The topological polar surface area (TPSA) is 69.8 Å². The van der Waals surface area contributed by atoms with Crippen LogP contribution in [0.1, 0.15) is 24.5 Å². The quantitative estimate of drug-likeness (QED) is 0.583. The number of piperazine rings is 1. The van der Waals surface area contributed by atoms with Gasteiger partial charge in [-0.3, -0.25) is 10.1 Å². The fraction of sp³-hybridized carbons (Fsp3) is 0.556. The molecule has 1 saturated heterocycles. The van der Waals surface area contributed by atoms with E-state index in [1.807, 2.05) is 13.8 Å². The van der Waals surface area contributed by atoms with Gasteiger partial charge in [0.15, 0.2) is 0 Å². The van der Waals surface area contributed by atoms with Crippen LogP contribution in [-0.2, 0) is 4.79 Å². The van der Waals surface area contributed by atoms with E-state index in [-0.39, 0.29) is 18.0 Å². The van der Waals surface area contributed by atoms with Crippen molar-refractivity contribution in [3.05, 3.63) is 17.7 Å². The first-order valence-electron chi connectivity index (χ1n) is 4.72. The molecule has 2 heterocycles. The average Bonchev–Trinajstić information content (AvgIpc) is 2.57. The summed E-state index contributed by atoms with van der Waals surface area (Å²) >= 11 is 0. The number of H-pyrrole nitrogens is 1.